The molecule has 0 aliphatic carbocycles. The molecule has 0 heterocycles. The second-order valence-electron chi connectivity index (χ2n) is 4.15. The monoisotopic (exact) mass is 353 g/mol. The topological polar surface area (TPSA) is 38.3 Å². The third kappa shape index (κ3) is 5.13. The number of halogens is 4. The maximum absolute atomic E-state index is 12.6. The first kappa shape index (κ1) is 17.0. The van der Waals surface area contributed by atoms with Gasteiger partial charge in [0.2, 0.25) is 0 Å². The van der Waals surface area contributed by atoms with Crippen LogP contribution in [-0.2, 0) is 10.9 Å². The van der Waals surface area contributed by atoms with E-state index in [-0.39, 0.29) is 5.56 Å². The van der Waals surface area contributed by atoms with Crippen LogP contribution in [0.4, 0.5) is 13.2 Å². The van der Waals surface area contributed by atoms with Gasteiger partial charge in [-0.2, -0.15) is 13.2 Å². The van der Waals surface area contributed by atoms with Crippen LogP contribution in [0.15, 0.2) is 22.7 Å². The van der Waals surface area contributed by atoms with Crippen LogP contribution in [-0.4, -0.2) is 26.2 Å². The summed E-state index contributed by atoms with van der Waals surface area (Å²) in [5.41, 5.74) is -0.864. The molecular weight excluding hydrogens is 339 g/mol. The van der Waals surface area contributed by atoms with Gasteiger partial charge < -0.3 is 10.1 Å². The number of amides is 1. The Hall–Kier alpha value is -1.08. The maximum Gasteiger partial charge on any atom is 0.416 e. The number of methoxy groups -OCH3 is 1. The molecule has 1 aromatic rings. The Morgan fingerprint density at radius 3 is 2.65 bits per heavy atom. The van der Waals surface area contributed by atoms with Crippen LogP contribution < -0.4 is 5.32 Å². The van der Waals surface area contributed by atoms with Gasteiger partial charge in [0.25, 0.3) is 5.91 Å². The first-order valence-electron chi connectivity index (χ1n) is 6.00. The smallest absolute Gasteiger partial charge is 0.385 e. The van der Waals surface area contributed by atoms with E-state index >= 15 is 0 Å². The summed E-state index contributed by atoms with van der Waals surface area (Å²) in [5.74, 6) is -0.527. The number of ether oxygens (including phenoxy) is 1. The van der Waals surface area contributed by atoms with Gasteiger partial charge in [0.15, 0.2) is 0 Å². The predicted octanol–water partition coefficient (Wildman–Crippen LogP) is 3.62. The fraction of sp³-hybridized carbons (Fsp3) is 0.462. The number of alkyl halides is 3. The zero-order chi connectivity index (χ0) is 15.2. The summed E-state index contributed by atoms with van der Waals surface area (Å²) in [4.78, 5) is 11.8. The van der Waals surface area contributed by atoms with Gasteiger partial charge in [-0.1, -0.05) is 0 Å². The first-order chi connectivity index (χ1) is 9.36. The van der Waals surface area contributed by atoms with Crippen molar-refractivity contribution in [3.05, 3.63) is 33.8 Å². The van der Waals surface area contributed by atoms with E-state index in [0.29, 0.717) is 24.0 Å². The lowest BCUT2D eigenvalue weighted by Gasteiger charge is -2.11. The van der Waals surface area contributed by atoms with Gasteiger partial charge in [-0.15, -0.1) is 0 Å². The van der Waals surface area contributed by atoms with E-state index in [1.54, 1.807) is 7.11 Å². The molecular formula is C13H15BrF3NO2. The van der Waals surface area contributed by atoms with E-state index in [1.165, 1.54) is 6.07 Å². The van der Waals surface area contributed by atoms with Crippen LogP contribution >= 0.6 is 15.9 Å². The third-order valence-electron chi connectivity index (χ3n) is 2.60. The van der Waals surface area contributed by atoms with E-state index in [9.17, 15) is 18.0 Å². The van der Waals surface area contributed by atoms with Crippen LogP contribution in [0.5, 0.6) is 0 Å². The van der Waals surface area contributed by atoms with E-state index < -0.39 is 17.6 Å². The Morgan fingerprint density at radius 1 is 1.35 bits per heavy atom. The Balaban J connectivity index is 2.67. The van der Waals surface area contributed by atoms with Gasteiger partial charge in [-0.25, -0.2) is 0 Å². The molecule has 0 aromatic heterocycles. The van der Waals surface area contributed by atoms with Crippen molar-refractivity contribution >= 4 is 21.8 Å². The molecule has 1 N–H and O–H groups in total. The average Bonchev–Trinajstić information content (AvgIpc) is 2.37. The molecule has 3 nitrogen and oxygen atoms in total. The molecule has 0 saturated heterocycles. The molecule has 0 aliphatic rings. The summed E-state index contributed by atoms with van der Waals surface area (Å²) in [5, 5.41) is 2.59. The lowest BCUT2D eigenvalue weighted by atomic mass is 10.1. The summed E-state index contributed by atoms with van der Waals surface area (Å²) < 4.78 is 43.0. The summed E-state index contributed by atoms with van der Waals surface area (Å²) in [6, 6.07) is 3.00. The molecule has 0 aliphatic heterocycles. The average molecular weight is 354 g/mol. The standard InChI is InChI=1S/C13H15BrF3NO2/c1-20-7-3-2-6-18-12(19)10-8-9(13(15,16)17)4-5-11(10)14/h4-5,8H,2-3,6-7H2,1H3,(H,18,19). The van der Waals surface area contributed by atoms with E-state index in [4.69, 9.17) is 4.74 Å². The van der Waals surface area contributed by atoms with E-state index in [1.807, 2.05) is 0 Å². The Morgan fingerprint density at radius 2 is 2.05 bits per heavy atom. The summed E-state index contributed by atoms with van der Waals surface area (Å²) in [6.45, 7) is 0.980. The summed E-state index contributed by atoms with van der Waals surface area (Å²) in [6.07, 6.45) is -2.98. The molecule has 0 unspecified atom stereocenters. The summed E-state index contributed by atoms with van der Waals surface area (Å²) >= 11 is 3.08. The van der Waals surface area contributed by atoms with Crippen LogP contribution in [0.2, 0.25) is 0 Å². The van der Waals surface area contributed by atoms with Gasteiger partial charge in [-0.05, 0) is 47.0 Å². The number of unbranched alkanes of at least 4 members (excludes halogenated alkanes) is 1. The second-order valence-corrected chi connectivity index (χ2v) is 5.00. The van der Waals surface area contributed by atoms with Crippen molar-refractivity contribution in [2.75, 3.05) is 20.3 Å². The fourth-order valence-electron chi connectivity index (χ4n) is 1.54. The van der Waals surface area contributed by atoms with E-state index in [0.717, 1.165) is 18.6 Å². The van der Waals surface area contributed by atoms with Gasteiger partial charge in [0.05, 0.1) is 11.1 Å². The van der Waals surface area contributed by atoms with Crippen molar-refractivity contribution in [3.63, 3.8) is 0 Å². The number of nitrogens with one attached hydrogen (secondary N) is 1. The number of hydrogen-bond donors (Lipinski definition) is 1. The van der Waals surface area contributed by atoms with Crippen LogP contribution in [0, 0.1) is 0 Å². The van der Waals surface area contributed by atoms with Crippen molar-refractivity contribution in [1.29, 1.82) is 0 Å². The van der Waals surface area contributed by atoms with Crippen molar-refractivity contribution in [3.8, 4) is 0 Å². The highest BCUT2D eigenvalue weighted by Gasteiger charge is 2.31. The highest BCUT2D eigenvalue weighted by Crippen LogP contribution is 2.31. The molecule has 1 amide bonds. The van der Waals surface area contributed by atoms with Crippen molar-refractivity contribution in [2.45, 2.75) is 19.0 Å². The number of carbonyl (C=O) groups excluding carboxylic acids is 1. The minimum atomic E-state index is -4.46. The lowest BCUT2D eigenvalue weighted by Crippen LogP contribution is -2.25. The number of carbonyl (C=O) groups is 1. The Labute approximate surface area is 123 Å². The molecule has 0 saturated carbocycles. The van der Waals surface area contributed by atoms with Crippen molar-refractivity contribution in [2.24, 2.45) is 0 Å². The zero-order valence-electron chi connectivity index (χ0n) is 10.9. The normalized spacial score (nSPS) is 11.4. The minimum absolute atomic E-state index is 0.0217. The Bertz CT molecular complexity index is 463. The zero-order valence-corrected chi connectivity index (χ0v) is 12.5. The molecule has 0 fully saturated rings. The molecule has 20 heavy (non-hydrogen) atoms. The molecule has 1 rings (SSSR count). The minimum Gasteiger partial charge on any atom is -0.385 e. The summed E-state index contributed by atoms with van der Waals surface area (Å²) in [7, 11) is 1.58. The van der Waals surface area contributed by atoms with Crippen LogP contribution in [0.3, 0.4) is 0 Å². The number of rotatable bonds is 6. The van der Waals surface area contributed by atoms with Crippen molar-refractivity contribution in [1.82, 2.24) is 5.32 Å². The maximum atomic E-state index is 12.6. The number of hydrogen-bond acceptors (Lipinski definition) is 2. The second kappa shape index (κ2) is 7.64. The first-order valence-corrected chi connectivity index (χ1v) is 6.79. The SMILES string of the molecule is COCCCCNC(=O)c1cc(C(F)(F)F)ccc1Br. The van der Waals surface area contributed by atoms with Gasteiger partial charge in [-0.3, -0.25) is 4.79 Å². The Kier molecular flexibility index (Phi) is 6.48. The van der Waals surface area contributed by atoms with Crippen LogP contribution in [0.25, 0.3) is 0 Å². The highest BCUT2D eigenvalue weighted by atomic mass is 79.9. The predicted molar refractivity (Wildman–Crippen MR) is 72.6 cm³/mol. The molecule has 0 spiro atoms. The van der Waals surface area contributed by atoms with Crippen molar-refractivity contribution < 1.29 is 22.7 Å². The lowest BCUT2D eigenvalue weighted by molar-refractivity contribution is -0.137. The molecule has 0 bridgehead atoms. The molecule has 112 valence electrons. The van der Waals surface area contributed by atoms with E-state index in [2.05, 4.69) is 21.2 Å². The molecule has 1 aromatic carbocycles. The molecule has 0 atom stereocenters. The fourth-order valence-corrected chi connectivity index (χ4v) is 1.97. The highest BCUT2D eigenvalue weighted by molar-refractivity contribution is 9.10. The van der Waals surface area contributed by atoms with Gasteiger partial charge in [0, 0.05) is 24.7 Å². The van der Waals surface area contributed by atoms with Gasteiger partial charge in [0.1, 0.15) is 0 Å². The van der Waals surface area contributed by atoms with Gasteiger partial charge >= 0.3 is 6.18 Å². The molecule has 7 heteroatoms. The quantitative estimate of drug-likeness (QED) is 0.793. The third-order valence-corrected chi connectivity index (χ3v) is 3.29. The largest absolute Gasteiger partial charge is 0.416 e. The molecule has 0 radical (unpaired) electrons. The number of benzene rings is 1. The van der Waals surface area contributed by atoms with Crippen LogP contribution in [0.1, 0.15) is 28.8 Å².